The van der Waals surface area contributed by atoms with Gasteiger partial charge in [0.05, 0.1) is 17.9 Å². The highest BCUT2D eigenvalue weighted by Crippen LogP contribution is 2.27. The first-order chi connectivity index (χ1) is 11.3. The minimum absolute atomic E-state index is 0.220. The molecule has 0 aliphatic rings. The molecule has 114 valence electrons. The Morgan fingerprint density at radius 1 is 1.13 bits per heavy atom. The Balaban J connectivity index is 1.68. The smallest absolute Gasteiger partial charge is 0.195 e. The van der Waals surface area contributed by atoms with Crippen molar-refractivity contribution < 1.29 is 4.42 Å². The van der Waals surface area contributed by atoms with Crippen LogP contribution < -0.4 is 0 Å². The summed E-state index contributed by atoms with van der Waals surface area (Å²) in [7, 11) is 0. The number of hydrogen-bond donors (Lipinski definition) is 0. The van der Waals surface area contributed by atoms with Gasteiger partial charge in [0.2, 0.25) is 0 Å². The summed E-state index contributed by atoms with van der Waals surface area (Å²) < 4.78 is 7.45. The predicted molar refractivity (Wildman–Crippen MR) is 89.1 cm³/mol. The summed E-state index contributed by atoms with van der Waals surface area (Å²) in [6, 6.07) is 8.08. The molecule has 0 unspecified atom stereocenters. The van der Waals surface area contributed by atoms with Gasteiger partial charge < -0.3 is 8.98 Å². The zero-order valence-electron chi connectivity index (χ0n) is 12.5. The molecule has 5 nitrogen and oxygen atoms in total. The van der Waals surface area contributed by atoms with E-state index in [9.17, 15) is 0 Å². The van der Waals surface area contributed by atoms with Crippen molar-refractivity contribution in [1.82, 2.24) is 19.5 Å². The average molecular weight is 322 g/mol. The second-order valence-electron chi connectivity index (χ2n) is 5.12. The second kappa shape index (κ2) is 5.81. The minimum atomic E-state index is 0.220. The van der Waals surface area contributed by atoms with E-state index in [4.69, 9.17) is 4.42 Å². The maximum Gasteiger partial charge on any atom is 0.195 e. The lowest BCUT2D eigenvalue weighted by Gasteiger charge is -2.14. The summed E-state index contributed by atoms with van der Waals surface area (Å²) in [5, 5.41) is 2.09. The van der Waals surface area contributed by atoms with Gasteiger partial charge in [0.15, 0.2) is 11.6 Å². The first kappa shape index (κ1) is 13.9. The SMILES string of the molecule is C[C@@H](c1cccs1)n1ccnc1-c1cnc(-c2ccco2)nc1. The third-order valence-electron chi connectivity index (χ3n) is 3.69. The van der Waals surface area contributed by atoms with E-state index in [1.165, 1.54) is 4.88 Å². The van der Waals surface area contributed by atoms with Crippen molar-refractivity contribution >= 4 is 11.3 Å². The quantitative estimate of drug-likeness (QED) is 0.563. The van der Waals surface area contributed by atoms with Crippen LogP contribution in [0.3, 0.4) is 0 Å². The van der Waals surface area contributed by atoms with Crippen LogP contribution in [0.1, 0.15) is 17.8 Å². The third-order valence-corrected chi connectivity index (χ3v) is 4.74. The van der Waals surface area contributed by atoms with Crippen LogP contribution >= 0.6 is 11.3 Å². The van der Waals surface area contributed by atoms with Crippen LogP contribution in [0.15, 0.2) is 65.1 Å². The highest BCUT2D eigenvalue weighted by molar-refractivity contribution is 7.10. The molecule has 0 bridgehead atoms. The maximum absolute atomic E-state index is 5.32. The van der Waals surface area contributed by atoms with Crippen molar-refractivity contribution in [2.45, 2.75) is 13.0 Å². The van der Waals surface area contributed by atoms with Crippen molar-refractivity contribution in [1.29, 1.82) is 0 Å². The van der Waals surface area contributed by atoms with Crippen LogP contribution in [0.2, 0.25) is 0 Å². The van der Waals surface area contributed by atoms with Crippen molar-refractivity contribution in [3.8, 4) is 23.0 Å². The Morgan fingerprint density at radius 2 is 2.00 bits per heavy atom. The molecule has 0 aliphatic carbocycles. The first-order valence-electron chi connectivity index (χ1n) is 7.25. The molecule has 4 heterocycles. The summed E-state index contributed by atoms with van der Waals surface area (Å²) in [5.41, 5.74) is 0.883. The van der Waals surface area contributed by atoms with Crippen LogP contribution in [-0.4, -0.2) is 19.5 Å². The van der Waals surface area contributed by atoms with Crippen molar-refractivity contribution in [2.75, 3.05) is 0 Å². The van der Waals surface area contributed by atoms with Gasteiger partial charge in [0.25, 0.3) is 0 Å². The summed E-state index contributed by atoms with van der Waals surface area (Å²) in [6.45, 7) is 2.16. The molecular weight excluding hydrogens is 308 g/mol. The fourth-order valence-corrected chi connectivity index (χ4v) is 3.27. The van der Waals surface area contributed by atoms with Gasteiger partial charge in [0.1, 0.15) is 5.82 Å². The summed E-state index contributed by atoms with van der Waals surface area (Å²) in [5.74, 6) is 2.09. The van der Waals surface area contributed by atoms with Crippen molar-refractivity contribution in [3.05, 3.63) is 65.6 Å². The van der Waals surface area contributed by atoms with Crippen LogP contribution in [0.5, 0.6) is 0 Å². The Labute approximate surface area is 137 Å². The van der Waals surface area contributed by atoms with Gasteiger partial charge in [-0.05, 0) is 30.5 Å². The fourth-order valence-electron chi connectivity index (χ4n) is 2.49. The van der Waals surface area contributed by atoms with Crippen LogP contribution in [0.25, 0.3) is 23.0 Å². The van der Waals surface area contributed by atoms with E-state index in [-0.39, 0.29) is 6.04 Å². The van der Waals surface area contributed by atoms with Crippen LogP contribution in [-0.2, 0) is 0 Å². The lowest BCUT2D eigenvalue weighted by molar-refractivity contribution is 0.577. The number of hydrogen-bond acceptors (Lipinski definition) is 5. The Bertz CT molecular complexity index is 879. The number of rotatable bonds is 4. The summed E-state index contributed by atoms with van der Waals surface area (Å²) >= 11 is 1.74. The van der Waals surface area contributed by atoms with Crippen molar-refractivity contribution in [3.63, 3.8) is 0 Å². The van der Waals surface area contributed by atoms with E-state index in [1.807, 2.05) is 18.3 Å². The molecule has 0 N–H and O–H groups in total. The van der Waals surface area contributed by atoms with Crippen LogP contribution in [0.4, 0.5) is 0 Å². The molecule has 4 rings (SSSR count). The van der Waals surface area contributed by atoms with Gasteiger partial charge in [-0.25, -0.2) is 15.0 Å². The van der Waals surface area contributed by atoms with E-state index in [2.05, 4.69) is 44.0 Å². The lowest BCUT2D eigenvalue weighted by atomic mass is 10.2. The number of imidazole rings is 1. The Kier molecular flexibility index (Phi) is 3.51. The number of aromatic nitrogens is 4. The third kappa shape index (κ3) is 2.57. The predicted octanol–water partition coefficient (Wildman–Crippen LogP) is 4.27. The van der Waals surface area contributed by atoms with Gasteiger partial charge >= 0.3 is 0 Å². The molecule has 0 saturated carbocycles. The molecule has 23 heavy (non-hydrogen) atoms. The topological polar surface area (TPSA) is 56.7 Å². The monoisotopic (exact) mass is 322 g/mol. The molecule has 0 aliphatic heterocycles. The maximum atomic E-state index is 5.32. The molecule has 0 fully saturated rings. The molecule has 0 spiro atoms. The standard InChI is InChI=1S/C17H14N4OS/c1-12(15-5-3-9-23-15)21-7-6-18-17(21)13-10-19-16(20-11-13)14-4-2-8-22-14/h2-12H,1H3/t12-/m0/s1. The first-order valence-corrected chi connectivity index (χ1v) is 8.13. The molecule has 0 saturated heterocycles. The van der Waals surface area contributed by atoms with E-state index in [1.54, 1.807) is 36.2 Å². The number of furan rings is 1. The molecular formula is C17H14N4OS. The van der Waals surface area contributed by atoms with E-state index in [0.29, 0.717) is 11.6 Å². The summed E-state index contributed by atoms with van der Waals surface area (Å²) in [6.07, 6.45) is 8.97. The van der Waals surface area contributed by atoms with E-state index in [0.717, 1.165) is 11.4 Å². The van der Waals surface area contributed by atoms with Gasteiger partial charge in [-0.1, -0.05) is 6.07 Å². The Hall–Kier alpha value is -2.73. The Morgan fingerprint density at radius 3 is 2.70 bits per heavy atom. The normalized spacial score (nSPS) is 12.4. The highest BCUT2D eigenvalue weighted by atomic mass is 32.1. The average Bonchev–Trinajstić information content (AvgIpc) is 3.36. The van der Waals surface area contributed by atoms with E-state index < -0.39 is 0 Å². The van der Waals surface area contributed by atoms with Crippen LogP contribution in [0, 0.1) is 0 Å². The number of thiophene rings is 1. The van der Waals surface area contributed by atoms with Gasteiger partial charge in [-0.2, -0.15) is 0 Å². The lowest BCUT2D eigenvalue weighted by Crippen LogP contribution is -2.06. The second-order valence-corrected chi connectivity index (χ2v) is 6.10. The molecule has 4 aromatic heterocycles. The van der Waals surface area contributed by atoms with Gasteiger partial charge in [-0.3, -0.25) is 0 Å². The summed E-state index contributed by atoms with van der Waals surface area (Å²) in [4.78, 5) is 14.5. The minimum Gasteiger partial charge on any atom is -0.461 e. The zero-order valence-corrected chi connectivity index (χ0v) is 13.3. The molecule has 0 radical (unpaired) electrons. The van der Waals surface area contributed by atoms with Gasteiger partial charge in [0, 0.05) is 29.7 Å². The zero-order chi connectivity index (χ0) is 15.6. The largest absolute Gasteiger partial charge is 0.461 e. The molecule has 0 aromatic carbocycles. The number of nitrogens with zero attached hydrogens (tertiary/aromatic N) is 4. The molecule has 4 aromatic rings. The van der Waals surface area contributed by atoms with E-state index >= 15 is 0 Å². The fraction of sp³-hybridized carbons (Fsp3) is 0.118. The molecule has 6 heteroatoms. The molecule has 1 atom stereocenters. The van der Waals surface area contributed by atoms with Gasteiger partial charge in [-0.15, -0.1) is 11.3 Å². The molecule has 0 amide bonds. The highest BCUT2D eigenvalue weighted by Gasteiger charge is 2.15. The van der Waals surface area contributed by atoms with Crippen molar-refractivity contribution in [2.24, 2.45) is 0 Å².